The van der Waals surface area contributed by atoms with Crippen LogP contribution in [0.3, 0.4) is 0 Å². The quantitative estimate of drug-likeness (QED) is 0.577. The van der Waals surface area contributed by atoms with Gasteiger partial charge in [0.1, 0.15) is 0 Å². The van der Waals surface area contributed by atoms with Gasteiger partial charge in [-0.25, -0.2) is 0 Å². The third kappa shape index (κ3) is 8.83. The fourth-order valence-corrected chi connectivity index (χ4v) is 2.56. The molecule has 124 valence electrons. The van der Waals surface area contributed by atoms with Crippen LogP contribution < -0.4 is 11.1 Å². The van der Waals surface area contributed by atoms with E-state index in [1.165, 1.54) is 44.9 Å². The van der Waals surface area contributed by atoms with E-state index in [4.69, 9.17) is 5.73 Å². The van der Waals surface area contributed by atoms with Crippen LogP contribution in [0.2, 0.25) is 0 Å². The zero-order chi connectivity index (χ0) is 16.0. The molecule has 3 nitrogen and oxygen atoms in total. The lowest BCUT2D eigenvalue weighted by atomic mass is 10.1. The zero-order valence-electron chi connectivity index (χ0n) is 14.0. The highest BCUT2D eigenvalue weighted by Crippen LogP contribution is 2.08. The van der Waals surface area contributed by atoms with Gasteiger partial charge in [0.15, 0.2) is 0 Å². The van der Waals surface area contributed by atoms with Crippen LogP contribution in [0.4, 0.5) is 0 Å². The van der Waals surface area contributed by atoms with Gasteiger partial charge in [0, 0.05) is 6.54 Å². The Kier molecular flexibility index (Phi) is 10.4. The first kappa shape index (κ1) is 18.7. The summed E-state index contributed by atoms with van der Waals surface area (Å²) in [5.74, 6) is -0.0354. The molecule has 0 spiro atoms. The molecule has 0 aliphatic heterocycles. The van der Waals surface area contributed by atoms with Gasteiger partial charge in [-0.15, -0.1) is 0 Å². The van der Waals surface area contributed by atoms with Gasteiger partial charge in [0.2, 0.25) is 5.91 Å². The van der Waals surface area contributed by atoms with Crippen LogP contribution in [-0.4, -0.2) is 18.5 Å². The normalized spacial score (nSPS) is 12.1. The second kappa shape index (κ2) is 12.2. The minimum Gasteiger partial charge on any atom is -0.355 e. The van der Waals surface area contributed by atoms with Crippen molar-refractivity contribution >= 4 is 5.91 Å². The topological polar surface area (TPSA) is 55.1 Å². The molecule has 0 aliphatic carbocycles. The van der Waals surface area contributed by atoms with Gasteiger partial charge in [-0.05, 0) is 18.4 Å². The van der Waals surface area contributed by atoms with E-state index in [2.05, 4.69) is 12.2 Å². The Balaban J connectivity index is 2.01. The Morgan fingerprint density at radius 1 is 1.00 bits per heavy atom. The predicted molar refractivity (Wildman–Crippen MR) is 93.7 cm³/mol. The van der Waals surface area contributed by atoms with Crippen LogP contribution in [0.25, 0.3) is 0 Å². The molecule has 1 aromatic carbocycles. The van der Waals surface area contributed by atoms with Gasteiger partial charge in [0.25, 0.3) is 0 Å². The van der Waals surface area contributed by atoms with Crippen LogP contribution in [-0.2, 0) is 11.2 Å². The number of carbonyl (C=O) groups excluding carboxylic acids is 1. The highest BCUT2D eigenvalue weighted by molar-refractivity contribution is 5.81. The summed E-state index contributed by atoms with van der Waals surface area (Å²) in [4.78, 5) is 11.9. The molecule has 0 saturated heterocycles. The van der Waals surface area contributed by atoms with E-state index in [9.17, 15) is 4.79 Å². The third-order valence-electron chi connectivity index (χ3n) is 3.96. The minimum atomic E-state index is -0.448. The van der Waals surface area contributed by atoms with Gasteiger partial charge in [-0.2, -0.15) is 0 Å². The van der Waals surface area contributed by atoms with E-state index in [1.54, 1.807) is 0 Å². The third-order valence-corrected chi connectivity index (χ3v) is 3.96. The van der Waals surface area contributed by atoms with Crippen molar-refractivity contribution in [3.63, 3.8) is 0 Å². The summed E-state index contributed by atoms with van der Waals surface area (Å²) >= 11 is 0. The van der Waals surface area contributed by atoms with Gasteiger partial charge in [0.05, 0.1) is 6.04 Å². The molecule has 0 radical (unpaired) electrons. The van der Waals surface area contributed by atoms with Crippen LogP contribution >= 0.6 is 0 Å². The molecule has 0 aliphatic rings. The van der Waals surface area contributed by atoms with E-state index in [-0.39, 0.29) is 5.91 Å². The van der Waals surface area contributed by atoms with Crippen molar-refractivity contribution in [3.8, 4) is 0 Å². The van der Waals surface area contributed by atoms with Crippen LogP contribution in [0.15, 0.2) is 30.3 Å². The number of benzene rings is 1. The largest absolute Gasteiger partial charge is 0.355 e. The number of nitrogens with two attached hydrogens (primary N) is 1. The molecule has 1 amide bonds. The molecule has 1 unspecified atom stereocenters. The number of unbranched alkanes of at least 4 members (excludes halogenated alkanes) is 7. The Morgan fingerprint density at radius 2 is 1.59 bits per heavy atom. The summed E-state index contributed by atoms with van der Waals surface area (Å²) in [5.41, 5.74) is 7.05. The van der Waals surface area contributed by atoms with Crippen LogP contribution in [0.5, 0.6) is 0 Å². The van der Waals surface area contributed by atoms with Crippen molar-refractivity contribution in [2.75, 3.05) is 6.54 Å². The fourth-order valence-electron chi connectivity index (χ4n) is 2.56. The van der Waals surface area contributed by atoms with E-state index < -0.39 is 6.04 Å². The summed E-state index contributed by atoms with van der Waals surface area (Å²) in [6.07, 6.45) is 10.8. The number of hydrogen-bond donors (Lipinski definition) is 2. The zero-order valence-corrected chi connectivity index (χ0v) is 14.0. The van der Waals surface area contributed by atoms with Gasteiger partial charge < -0.3 is 11.1 Å². The van der Waals surface area contributed by atoms with Gasteiger partial charge >= 0.3 is 0 Å². The van der Waals surface area contributed by atoms with Crippen LogP contribution in [0.1, 0.15) is 63.9 Å². The van der Waals surface area contributed by atoms with Crippen molar-refractivity contribution in [2.45, 2.75) is 70.8 Å². The first-order valence-electron chi connectivity index (χ1n) is 8.81. The molecular formula is C19H32N2O. The molecule has 22 heavy (non-hydrogen) atoms. The molecule has 3 heteroatoms. The van der Waals surface area contributed by atoms with E-state index in [0.717, 1.165) is 18.5 Å². The van der Waals surface area contributed by atoms with Gasteiger partial charge in [-0.1, -0.05) is 82.2 Å². The number of nitrogens with one attached hydrogen (secondary N) is 1. The summed E-state index contributed by atoms with van der Waals surface area (Å²) in [7, 11) is 0. The molecular weight excluding hydrogens is 272 g/mol. The highest BCUT2D eigenvalue weighted by atomic mass is 16.2. The standard InChI is InChI=1S/C19H32N2O/c1-2-3-4-5-6-7-8-12-15-21-19(22)18(20)16-17-13-10-9-11-14-17/h9-11,13-14,18H,2-8,12,15-16,20H2,1H3,(H,21,22). The molecule has 0 aromatic heterocycles. The maximum atomic E-state index is 11.9. The van der Waals surface area contributed by atoms with E-state index in [0.29, 0.717) is 6.42 Å². The second-order valence-corrected chi connectivity index (χ2v) is 6.06. The molecule has 3 N–H and O–H groups in total. The summed E-state index contributed by atoms with van der Waals surface area (Å²) in [6.45, 7) is 2.99. The molecule has 1 atom stereocenters. The Labute approximate surface area is 135 Å². The molecule has 0 saturated carbocycles. The summed E-state index contributed by atoms with van der Waals surface area (Å²) in [6, 6.07) is 9.48. The lowest BCUT2D eigenvalue weighted by Gasteiger charge is -2.12. The first-order chi connectivity index (χ1) is 10.7. The second-order valence-electron chi connectivity index (χ2n) is 6.06. The van der Waals surface area contributed by atoms with Crippen molar-refractivity contribution in [1.29, 1.82) is 0 Å². The Bertz CT molecular complexity index is 392. The van der Waals surface area contributed by atoms with Crippen molar-refractivity contribution < 1.29 is 4.79 Å². The van der Waals surface area contributed by atoms with E-state index in [1.807, 2.05) is 30.3 Å². The first-order valence-corrected chi connectivity index (χ1v) is 8.81. The molecule has 1 rings (SSSR count). The minimum absolute atomic E-state index is 0.0354. The van der Waals surface area contributed by atoms with Gasteiger partial charge in [-0.3, -0.25) is 4.79 Å². The number of rotatable bonds is 12. The maximum Gasteiger partial charge on any atom is 0.237 e. The number of hydrogen-bond acceptors (Lipinski definition) is 2. The molecule has 0 fully saturated rings. The smallest absolute Gasteiger partial charge is 0.237 e. The average Bonchev–Trinajstić information content (AvgIpc) is 2.54. The van der Waals surface area contributed by atoms with Crippen molar-refractivity contribution in [2.24, 2.45) is 5.73 Å². The fraction of sp³-hybridized carbons (Fsp3) is 0.632. The maximum absolute atomic E-state index is 11.9. The predicted octanol–water partition coefficient (Wildman–Crippen LogP) is 3.81. The van der Waals surface area contributed by atoms with Crippen molar-refractivity contribution in [3.05, 3.63) is 35.9 Å². The van der Waals surface area contributed by atoms with Crippen molar-refractivity contribution in [1.82, 2.24) is 5.32 Å². The monoisotopic (exact) mass is 304 g/mol. The van der Waals surface area contributed by atoms with E-state index >= 15 is 0 Å². The highest BCUT2D eigenvalue weighted by Gasteiger charge is 2.12. The summed E-state index contributed by atoms with van der Waals surface area (Å²) in [5, 5.41) is 2.95. The van der Waals surface area contributed by atoms with Crippen LogP contribution in [0, 0.1) is 0 Å². The summed E-state index contributed by atoms with van der Waals surface area (Å²) < 4.78 is 0. The number of carbonyl (C=O) groups is 1. The molecule has 0 bridgehead atoms. The number of amides is 1. The lowest BCUT2D eigenvalue weighted by molar-refractivity contribution is -0.122. The molecule has 0 heterocycles. The average molecular weight is 304 g/mol. The molecule has 1 aromatic rings. The Morgan fingerprint density at radius 3 is 2.23 bits per heavy atom. The lowest BCUT2D eigenvalue weighted by Crippen LogP contribution is -2.42. The SMILES string of the molecule is CCCCCCCCCCNC(=O)C(N)Cc1ccccc1. The Hall–Kier alpha value is -1.35.